The molecule has 2 rings (SSSR count). The number of hydrogen-bond acceptors (Lipinski definition) is 1. The Morgan fingerprint density at radius 2 is 2.06 bits per heavy atom. The third-order valence-electron chi connectivity index (χ3n) is 4.08. The molecule has 0 aliphatic heterocycles. The summed E-state index contributed by atoms with van der Waals surface area (Å²) in [6.45, 7) is 7.19. The molecule has 0 saturated heterocycles. The van der Waals surface area contributed by atoms with Gasteiger partial charge in [-0.25, -0.2) is 8.78 Å². The Morgan fingerprint density at radius 3 is 2.65 bits per heavy atom. The molecular formula is C14H19F2N. The molecule has 0 spiro atoms. The Kier molecular flexibility index (Phi) is 3.21. The maximum absolute atomic E-state index is 13.7. The number of rotatable bonds is 3. The van der Waals surface area contributed by atoms with E-state index >= 15 is 0 Å². The second-order valence-electron chi connectivity index (χ2n) is 5.36. The van der Waals surface area contributed by atoms with E-state index in [4.69, 9.17) is 0 Å². The summed E-state index contributed by atoms with van der Waals surface area (Å²) in [7, 11) is 0. The van der Waals surface area contributed by atoms with Crippen molar-refractivity contribution in [3.05, 3.63) is 35.4 Å². The van der Waals surface area contributed by atoms with Crippen molar-refractivity contribution in [3.63, 3.8) is 0 Å². The molecule has 1 fully saturated rings. The molecule has 1 aromatic carbocycles. The van der Waals surface area contributed by atoms with Gasteiger partial charge in [-0.15, -0.1) is 0 Å². The smallest absolute Gasteiger partial charge is 0.162 e. The van der Waals surface area contributed by atoms with E-state index in [1.54, 1.807) is 12.1 Å². The topological polar surface area (TPSA) is 12.0 Å². The van der Waals surface area contributed by atoms with Crippen LogP contribution in [0.4, 0.5) is 8.78 Å². The lowest BCUT2D eigenvalue weighted by molar-refractivity contribution is 0.0679. The molecule has 0 radical (unpaired) electrons. The van der Waals surface area contributed by atoms with Gasteiger partial charge in [0.2, 0.25) is 0 Å². The van der Waals surface area contributed by atoms with Crippen molar-refractivity contribution in [1.29, 1.82) is 0 Å². The van der Waals surface area contributed by atoms with Gasteiger partial charge in [0.25, 0.3) is 0 Å². The molecular weight excluding hydrogens is 220 g/mol. The van der Waals surface area contributed by atoms with Crippen LogP contribution >= 0.6 is 0 Å². The zero-order chi connectivity index (χ0) is 12.6. The van der Waals surface area contributed by atoms with Crippen molar-refractivity contribution < 1.29 is 8.78 Å². The molecule has 1 aliphatic rings. The molecule has 2 unspecified atom stereocenters. The summed E-state index contributed by atoms with van der Waals surface area (Å²) in [5.41, 5.74) is 0.495. The predicted octanol–water partition coefficient (Wildman–Crippen LogP) is 3.46. The standard InChI is InChI=1S/C14H19F2N/c1-4-17-12-8-10(14(12,2)3)9-6-5-7-11(15)13(9)16/h5-7,10,12,17H,4,8H2,1-3H3. The van der Waals surface area contributed by atoms with Crippen LogP contribution < -0.4 is 5.32 Å². The first-order chi connectivity index (χ1) is 7.98. The Morgan fingerprint density at radius 1 is 1.35 bits per heavy atom. The maximum atomic E-state index is 13.7. The minimum absolute atomic E-state index is 0.0232. The van der Waals surface area contributed by atoms with E-state index in [0.29, 0.717) is 11.6 Å². The second kappa shape index (κ2) is 4.37. The average molecular weight is 239 g/mol. The van der Waals surface area contributed by atoms with Gasteiger partial charge in [-0.1, -0.05) is 32.9 Å². The van der Waals surface area contributed by atoms with Gasteiger partial charge in [-0.2, -0.15) is 0 Å². The normalized spacial score (nSPS) is 26.6. The summed E-state index contributed by atoms with van der Waals surface area (Å²) in [5.74, 6) is -1.33. The first kappa shape index (κ1) is 12.5. The summed E-state index contributed by atoms with van der Waals surface area (Å²) >= 11 is 0. The molecule has 0 aromatic heterocycles. The van der Waals surface area contributed by atoms with Gasteiger partial charge in [0.15, 0.2) is 11.6 Å². The van der Waals surface area contributed by atoms with E-state index in [2.05, 4.69) is 26.1 Å². The van der Waals surface area contributed by atoms with Gasteiger partial charge in [0.1, 0.15) is 0 Å². The molecule has 1 N–H and O–H groups in total. The van der Waals surface area contributed by atoms with E-state index in [1.807, 2.05) is 0 Å². The molecule has 3 heteroatoms. The summed E-state index contributed by atoms with van der Waals surface area (Å²) in [6.07, 6.45) is 0.876. The van der Waals surface area contributed by atoms with Gasteiger partial charge in [-0.3, -0.25) is 0 Å². The van der Waals surface area contributed by atoms with Crippen molar-refractivity contribution in [1.82, 2.24) is 5.32 Å². The van der Waals surface area contributed by atoms with Crippen molar-refractivity contribution in [2.24, 2.45) is 5.41 Å². The van der Waals surface area contributed by atoms with Crippen molar-refractivity contribution >= 4 is 0 Å². The number of benzene rings is 1. The van der Waals surface area contributed by atoms with Crippen molar-refractivity contribution in [2.45, 2.75) is 39.2 Å². The number of halogens is 2. The molecule has 1 aliphatic carbocycles. The lowest BCUT2D eigenvalue weighted by atomic mass is 9.56. The van der Waals surface area contributed by atoms with Gasteiger partial charge in [0, 0.05) is 6.04 Å². The molecule has 2 atom stereocenters. The van der Waals surface area contributed by atoms with Crippen LogP contribution in [0.5, 0.6) is 0 Å². The zero-order valence-corrected chi connectivity index (χ0v) is 10.6. The quantitative estimate of drug-likeness (QED) is 0.851. The van der Waals surface area contributed by atoms with E-state index in [-0.39, 0.29) is 11.3 Å². The van der Waals surface area contributed by atoms with E-state index in [1.165, 1.54) is 6.07 Å². The third-order valence-corrected chi connectivity index (χ3v) is 4.08. The predicted molar refractivity (Wildman–Crippen MR) is 65.0 cm³/mol. The SMILES string of the molecule is CCNC1CC(c2cccc(F)c2F)C1(C)C. The van der Waals surface area contributed by atoms with Gasteiger partial charge >= 0.3 is 0 Å². The molecule has 0 bridgehead atoms. The van der Waals surface area contributed by atoms with E-state index in [0.717, 1.165) is 13.0 Å². The molecule has 1 saturated carbocycles. The largest absolute Gasteiger partial charge is 0.314 e. The first-order valence-electron chi connectivity index (χ1n) is 6.15. The van der Waals surface area contributed by atoms with E-state index < -0.39 is 11.6 Å². The summed E-state index contributed by atoms with van der Waals surface area (Å²) < 4.78 is 26.9. The molecule has 94 valence electrons. The maximum Gasteiger partial charge on any atom is 0.162 e. The van der Waals surface area contributed by atoms with Crippen LogP contribution in [-0.4, -0.2) is 12.6 Å². The minimum atomic E-state index is -0.745. The Labute approximate surface area is 101 Å². The van der Waals surface area contributed by atoms with Crippen LogP contribution in [0, 0.1) is 17.0 Å². The van der Waals surface area contributed by atoms with Crippen molar-refractivity contribution in [3.8, 4) is 0 Å². The monoisotopic (exact) mass is 239 g/mol. The lowest BCUT2D eigenvalue weighted by Gasteiger charge is -2.53. The molecule has 0 heterocycles. The van der Waals surface area contributed by atoms with Crippen LogP contribution in [0.2, 0.25) is 0 Å². The summed E-state index contributed by atoms with van der Waals surface area (Å²) in [5, 5.41) is 3.39. The fraction of sp³-hybridized carbons (Fsp3) is 0.571. The van der Waals surface area contributed by atoms with E-state index in [9.17, 15) is 8.78 Å². The fourth-order valence-corrected chi connectivity index (χ4v) is 2.84. The van der Waals surface area contributed by atoms with Crippen LogP contribution in [0.1, 0.15) is 38.7 Å². The van der Waals surface area contributed by atoms with Gasteiger partial charge in [0.05, 0.1) is 0 Å². The summed E-state index contributed by atoms with van der Waals surface area (Å²) in [4.78, 5) is 0. The number of hydrogen-bond donors (Lipinski definition) is 1. The Balaban J connectivity index is 2.23. The highest BCUT2D eigenvalue weighted by Gasteiger charge is 2.49. The van der Waals surface area contributed by atoms with Crippen LogP contribution in [0.25, 0.3) is 0 Å². The molecule has 17 heavy (non-hydrogen) atoms. The highest BCUT2D eigenvalue weighted by molar-refractivity contribution is 5.29. The molecule has 0 amide bonds. The highest BCUT2D eigenvalue weighted by Crippen LogP contribution is 2.53. The Hall–Kier alpha value is -0.960. The highest BCUT2D eigenvalue weighted by atomic mass is 19.2. The average Bonchev–Trinajstić information content (AvgIpc) is 2.29. The fourth-order valence-electron chi connectivity index (χ4n) is 2.84. The second-order valence-corrected chi connectivity index (χ2v) is 5.36. The first-order valence-corrected chi connectivity index (χ1v) is 6.15. The van der Waals surface area contributed by atoms with Crippen molar-refractivity contribution in [2.75, 3.05) is 6.54 Å². The molecule has 1 nitrogen and oxygen atoms in total. The van der Waals surface area contributed by atoms with Crippen LogP contribution in [-0.2, 0) is 0 Å². The third kappa shape index (κ3) is 1.97. The van der Waals surface area contributed by atoms with Crippen LogP contribution in [0.3, 0.4) is 0 Å². The Bertz CT molecular complexity index is 415. The van der Waals surface area contributed by atoms with Gasteiger partial charge < -0.3 is 5.32 Å². The zero-order valence-electron chi connectivity index (χ0n) is 10.6. The minimum Gasteiger partial charge on any atom is -0.314 e. The lowest BCUT2D eigenvalue weighted by Crippen LogP contribution is -2.55. The van der Waals surface area contributed by atoms with Crippen LogP contribution in [0.15, 0.2) is 18.2 Å². The van der Waals surface area contributed by atoms with Gasteiger partial charge in [-0.05, 0) is 35.9 Å². The summed E-state index contributed by atoms with van der Waals surface area (Å²) in [6, 6.07) is 4.85. The molecule has 1 aromatic rings. The number of nitrogens with one attached hydrogen (secondary N) is 1.